The molecule has 4 rings (SSSR count). The first-order chi connectivity index (χ1) is 16.0. The molecule has 2 aliphatic rings. The number of nitro groups is 1. The maximum absolute atomic E-state index is 12.7. The van der Waals surface area contributed by atoms with Crippen molar-refractivity contribution in [3.05, 3.63) is 64.2 Å². The number of nitrogens with zero attached hydrogens (tertiary/aromatic N) is 3. The number of carbonyl (C=O) groups excluding carboxylic acids is 1. The summed E-state index contributed by atoms with van der Waals surface area (Å²) >= 11 is 0. The number of hydrogen-bond acceptors (Lipinski definition) is 5. The van der Waals surface area contributed by atoms with E-state index in [1.807, 2.05) is 17.0 Å². The van der Waals surface area contributed by atoms with Gasteiger partial charge in [0.05, 0.1) is 4.92 Å². The largest absolute Gasteiger partial charge is 0.382 e. The Balaban J connectivity index is 1.16. The Morgan fingerprint density at radius 2 is 1.73 bits per heavy atom. The predicted octanol–water partition coefficient (Wildman–Crippen LogP) is 5.00. The maximum atomic E-state index is 12.7. The van der Waals surface area contributed by atoms with Crippen LogP contribution < -0.4 is 10.2 Å². The Labute approximate surface area is 195 Å². The second-order valence-electron chi connectivity index (χ2n) is 9.36. The van der Waals surface area contributed by atoms with E-state index >= 15 is 0 Å². The first kappa shape index (κ1) is 23.1. The summed E-state index contributed by atoms with van der Waals surface area (Å²) in [7, 11) is 0. The van der Waals surface area contributed by atoms with Crippen LogP contribution in [0.25, 0.3) is 0 Å². The topological polar surface area (TPSA) is 78.7 Å². The van der Waals surface area contributed by atoms with Crippen LogP contribution in [0.5, 0.6) is 0 Å². The lowest BCUT2D eigenvalue weighted by Crippen LogP contribution is -2.48. The summed E-state index contributed by atoms with van der Waals surface area (Å²) in [4.78, 5) is 27.8. The number of nitro benzene ring substituents is 1. The van der Waals surface area contributed by atoms with Crippen molar-refractivity contribution in [3.8, 4) is 0 Å². The van der Waals surface area contributed by atoms with E-state index in [1.165, 1.54) is 5.69 Å². The highest BCUT2D eigenvalue weighted by atomic mass is 16.6. The number of hydrogen-bond donors (Lipinski definition) is 1. The summed E-state index contributed by atoms with van der Waals surface area (Å²) in [5.41, 5.74) is 3.03. The molecule has 2 fully saturated rings. The van der Waals surface area contributed by atoms with Crippen molar-refractivity contribution >= 4 is 23.0 Å². The smallest absolute Gasteiger partial charge is 0.272 e. The normalized spacial score (nSPS) is 21.0. The van der Waals surface area contributed by atoms with E-state index in [4.69, 9.17) is 0 Å². The number of piperazine rings is 1. The van der Waals surface area contributed by atoms with E-state index in [9.17, 15) is 14.9 Å². The zero-order valence-electron chi connectivity index (χ0n) is 19.4. The van der Waals surface area contributed by atoms with Gasteiger partial charge in [0.25, 0.3) is 5.69 Å². The standard InChI is InChI=1S/C26H34N4O3/c1-20-19-23(12-13-25(20)30(32)33)27-22-10-7-21(8-11-22)9-14-26(31)29-17-15-28(16-18-29)24-5-3-2-4-6-24/h2-6,12-13,19,21-22,27H,7-11,14-18H2,1H3. The second-order valence-corrected chi connectivity index (χ2v) is 9.36. The third kappa shape index (κ3) is 6.03. The second kappa shape index (κ2) is 10.7. The highest BCUT2D eigenvalue weighted by Crippen LogP contribution is 2.31. The van der Waals surface area contributed by atoms with Crippen LogP contribution in [-0.4, -0.2) is 48.0 Å². The molecule has 0 unspecified atom stereocenters. The zero-order valence-corrected chi connectivity index (χ0v) is 19.4. The molecule has 2 aromatic carbocycles. The van der Waals surface area contributed by atoms with Crippen LogP contribution in [0.15, 0.2) is 48.5 Å². The van der Waals surface area contributed by atoms with Gasteiger partial charge in [0.15, 0.2) is 0 Å². The van der Waals surface area contributed by atoms with Crippen LogP contribution in [-0.2, 0) is 4.79 Å². The number of amides is 1. The molecule has 1 saturated carbocycles. The highest BCUT2D eigenvalue weighted by molar-refractivity contribution is 5.76. The van der Waals surface area contributed by atoms with Gasteiger partial charge >= 0.3 is 0 Å². The third-order valence-electron chi connectivity index (χ3n) is 7.13. The van der Waals surface area contributed by atoms with E-state index in [1.54, 1.807) is 19.1 Å². The third-order valence-corrected chi connectivity index (χ3v) is 7.13. The summed E-state index contributed by atoms with van der Waals surface area (Å²) in [6.07, 6.45) is 6.02. The van der Waals surface area contributed by atoms with E-state index in [0.29, 0.717) is 29.9 Å². The monoisotopic (exact) mass is 450 g/mol. The molecule has 1 aliphatic carbocycles. The van der Waals surface area contributed by atoms with Crippen LogP contribution in [0, 0.1) is 23.0 Å². The lowest BCUT2D eigenvalue weighted by molar-refractivity contribution is -0.385. The average molecular weight is 451 g/mol. The van der Waals surface area contributed by atoms with Gasteiger partial charge < -0.3 is 15.1 Å². The van der Waals surface area contributed by atoms with Crippen molar-refractivity contribution in [1.29, 1.82) is 0 Å². The fourth-order valence-electron chi connectivity index (χ4n) is 5.12. The van der Waals surface area contributed by atoms with E-state index in [-0.39, 0.29) is 10.6 Å². The van der Waals surface area contributed by atoms with Crippen LogP contribution in [0.2, 0.25) is 0 Å². The first-order valence-electron chi connectivity index (χ1n) is 12.1. The molecule has 1 amide bonds. The molecule has 2 aromatic rings. The Kier molecular flexibility index (Phi) is 7.47. The van der Waals surface area contributed by atoms with Gasteiger partial charge in [-0.3, -0.25) is 14.9 Å². The van der Waals surface area contributed by atoms with Gasteiger partial charge in [0.1, 0.15) is 0 Å². The van der Waals surface area contributed by atoms with Crippen molar-refractivity contribution in [2.45, 2.75) is 51.5 Å². The van der Waals surface area contributed by atoms with Crippen LogP contribution in [0.3, 0.4) is 0 Å². The van der Waals surface area contributed by atoms with E-state index in [2.05, 4.69) is 34.5 Å². The highest BCUT2D eigenvalue weighted by Gasteiger charge is 2.25. The van der Waals surface area contributed by atoms with Crippen LogP contribution >= 0.6 is 0 Å². The number of para-hydroxylation sites is 1. The number of rotatable bonds is 7. The van der Waals surface area contributed by atoms with Crippen molar-refractivity contribution in [2.24, 2.45) is 5.92 Å². The molecule has 1 N–H and O–H groups in total. The number of carbonyl (C=O) groups is 1. The molecule has 176 valence electrons. The predicted molar refractivity (Wildman–Crippen MR) is 132 cm³/mol. The van der Waals surface area contributed by atoms with Gasteiger partial charge in [-0.05, 0) is 69.2 Å². The zero-order chi connectivity index (χ0) is 23.2. The van der Waals surface area contributed by atoms with Crippen LogP contribution in [0.1, 0.15) is 44.1 Å². The number of nitrogens with one attached hydrogen (secondary N) is 1. The minimum Gasteiger partial charge on any atom is -0.382 e. The number of benzene rings is 2. The van der Waals surface area contributed by atoms with Gasteiger partial charge in [0.2, 0.25) is 5.91 Å². The molecular formula is C26H34N4O3. The molecule has 0 spiro atoms. The fourth-order valence-corrected chi connectivity index (χ4v) is 5.12. The van der Waals surface area contributed by atoms with Crippen molar-refractivity contribution in [2.75, 3.05) is 36.4 Å². The number of anilines is 2. The van der Waals surface area contributed by atoms with Gasteiger partial charge in [-0.1, -0.05) is 18.2 Å². The van der Waals surface area contributed by atoms with Gasteiger partial charge in [-0.15, -0.1) is 0 Å². The summed E-state index contributed by atoms with van der Waals surface area (Å²) in [5.74, 6) is 0.903. The molecule has 0 aromatic heterocycles. The van der Waals surface area contributed by atoms with E-state index < -0.39 is 0 Å². The molecular weight excluding hydrogens is 416 g/mol. The molecule has 0 radical (unpaired) electrons. The minimum atomic E-state index is -0.338. The summed E-state index contributed by atoms with van der Waals surface area (Å²) < 4.78 is 0. The average Bonchev–Trinajstić information content (AvgIpc) is 2.84. The Morgan fingerprint density at radius 3 is 2.36 bits per heavy atom. The molecule has 7 heteroatoms. The minimum absolute atomic E-state index is 0.162. The molecule has 1 heterocycles. The SMILES string of the molecule is Cc1cc(NC2CCC(CCC(=O)N3CCN(c4ccccc4)CC3)CC2)ccc1[N+](=O)[O-]. The maximum Gasteiger partial charge on any atom is 0.272 e. The Morgan fingerprint density at radius 1 is 1.03 bits per heavy atom. The Hall–Kier alpha value is -3.09. The quantitative estimate of drug-likeness (QED) is 0.474. The molecule has 1 saturated heterocycles. The molecule has 7 nitrogen and oxygen atoms in total. The van der Waals surface area contributed by atoms with Gasteiger partial charge in [-0.25, -0.2) is 0 Å². The molecule has 33 heavy (non-hydrogen) atoms. The summed E-state index contributed by atoms with van der Waals surface area (Å²) in [5, 5.41) is 14.5. The van der Waals surface area contributed by atoms with Gasteiger partial charge in [0, 0.05) is 61.6 Å². The lowest BCUT2D eigenvalue weighted by atomic mass is 9.83. The van der Waals surface area contributed by atoms with Crippen molar-refractivity contribution < 1.29 is 9.72 Å². The van der Waals surface area contributed by atoms with Crippen molar-refractivity contribution in [3.63, 3.8) is 0 Å². The molecule has 0 bridgehead atoms. The van der Waals surface area contributed by atoms with Gasteiger partial charge in [-0.2, -0.15) is 0 Å². The fraction of sp³-hybridized carbons (Fsp3) is 0.500. The van der Waals surface area contributed by atoms with E-state index in [0.717, 1.165) is 64.0 Å². The molecule has 0 atom stereocenters. The number of aryl methyl sites for hydroxylation is 1. The van der Waals surface area contributed by atoms with Crippen LogP contribution in [0.4, 0.5) is 17.1 Å². The summed E-state index contributed by atoms with van der Waals surface area (Å²) in [6, 6.07) is 16.0. The lowest BCUT2D eigenvalue weighted by Gasteiger charge is -2.36. The van der Waals surface area contributed by atoms with Crippen molar-refractivity contribution in [1.82, 2.24) is 4.90 Å². The Bertz CT molecular complexity index is 949. The first-order valence-corrected chi connectivity index (χ1v) is 12.1. The molecule has 1 aliphatic heterocycles. The summed E-state index contributed by atoms with van der Waals surface area (Å²) in [6.45, 7) is 5.18.